The topological polar surface area (TPSA) is 75.7 Å². The molecule has 1 aromatic carbocycles. The highest BCUT2D eigenvalue weighted by atomic mass is 32.2. The van der Waals surface area contributed by atoms with Gasteiger partial charge < -0.3 is 4.74 Å². The summed E-state index contributed by atoms with van der Waals surface area (Å²) in [6.07, 6.45) is 0.453. The SMILES string of the molecule is CCc1ccc(S(=O)(=O)NCC(C)(C)N2CCOC2=O)cc1. The van der Waals surface area contributed by atoms with Crippen molar-refractivity contribution in [2.75, 3.05) is 19.7 Å². The second-order valence-corrected chi connectivity index (χ2v) is 7.67. The van der Waals surface area contributed by atoms with Gasteiger partial charge in [0.1, 0.15) is 6.61 Å². The maximum absolute atomic E-state index is 12.3. The predicted molar refractivity (Wildman–Crippen MR) is 83.1 cm³/mol. The minimum atomic E-state index is -3.59. The Bertz CT molecular complexity index is 638. The molecule has 0 aromatic heterocycles. The molecule has 1 aromatic rings. The van der Waals surface area contributed by atoms with Gasteiger partial charge in [0, 0.05) is 6.54 Å². The minimum absolute atomic E-state index is 0.125. The molecule has 1 heterocycles. The largest absolute Gasteiger partial charge is 0.448 e. The van der Waals surface area contributed by atoms with Crippen molar-refractivity contribution in [1.29, 1.82) is 0 Å². The molecule has 6 nitrogen and oxygen atoms in total. The first-order valence-electron chi connectivity index (χ1n) is 7.29. The van der Waals surface area contributed by atoms with Crippen LogP contribution in [0.3, 0.4) is 0 Å². The zero-order chi connectivity index (χ0) is 16.4. The van der Waals surface area contributed by atoms with Crippen molar-refractivity contribution in [3.05, 3.63) is 29.8 Å². The molecule has 1 aliphatic rings. The van der Waals surface area contributed by atoms with E-state index in [2.05, 4.69) is 4.72 Å². The zero-order valence-corrected chi connectivity index (χ0v) is 13.9. The van der Waals surface area contributed by atoms with Crippen LogP contribution < -0.4 is 4.72 Å². The monoisotopic (exact) mass is 326 g/mol. The fourth-order valence-corrected chi connectivity index (χ4v) is 3.50. The van der Waals surface area contributed by atoms with E-state index in [1.807, 2.05) is 20.8 Å². The number of hydrogen-bond donors (Lipinski definition) is 1. The summed E-state index contributed by atoms with van der Waals surface area (Å²) >= 11 is 0. The third kappa shape index (κ3) is 3.59. The van der Waals surface area contributed by atoms with Gasteiger partial charge in [-0.15, -0.1) is 0 Å². The van der Waals surface area contributed by atoms with Crippen molar-refractivity contribution in [1.82, 2.24) is 9.62 Å². The van der Waals surface area contributed by atoms with Gasteiger partial charge in [0.2, 0.25) is 10.0 Å². The number of amides is 1. The van der Waals surface area contributed by atoms with Crippen molar-refractivity contribution in [3.63, 3.8) is 0 Å². The first-order valence-corrected chi connectivity index (χ1v) is 8.77. The number of sulfonamides is 1. The van der Waals surface area contributed by atoms with E-state index in [-0.39, 0.29) is 11.4 Å². The lowest BCUT2D eigenvalue weighted by atomic mass is 10.0. The summed E-state index contributed by atoms with van der Waals surface area (Å²) in [5.74, 6) is 0. The highest BCUT2D eigenvalue weighted by Gasteiger charge is 2.36. The van der Waals surface area contributed by atoms with Gasteiger partial charge in [0.25, 0.3) is 0 Å². The number of carbonyl (C=O) groups excluding carboxylic acids is 1. The second-order valence-electron chi connectivity index (χ2n) is 5.90. The molecular weight excluding hydrogens is 304 g/mol. The van der Waals surface area contributed by atoms with E-state index in [4.69, 9.17) is 4.74 Å². The molecule has 1 saturated heterocycles. The first-order chi connectivity index (χ1) is 10.3. The Balaban J connectivity index is 2.06. The number of carbonyl (C=O) groups is 1. The van der Waals surface area contributed by atoms with Gasteiger partial charge in [-0.3, -0.25) is 4.90 Å². The fraction of sp³-hybridized carbons (Fsp3) is 0.533. The van der Waals surface area contributed by atoms with E-state index < -0.39 is 21.7 Å². The predicted octanol–water partition coefficient (Wildman–Crippen LogP) is 1.76. The molecule has 22 heavy (non-hydrogen) atoms. The molecule has 1 fully saturated rings. The molecule has 1 amide bonds. The maximum atomic E-state index is 12.3. The molecule has 122 valence electrons. The summed E-state index contributed by atoms with van der Waals surface area (Å²) < 4.78 is 32.1. The lowest BCUT2D eigenvalue weighted by Crippen LogP contribution is -2.52. The van der Waals surface area contributed by atoms with E-state index in [9.17, 15) is 13.2 Å². The fourth-order valence-electron chi connectivity index (χ4n) is 2.30. The molecule has 7 heteroatoms. The summed E-state index contributed by atoms with van der Waals surface area (Å²) in [4.78, 5) is 13.4. The molecule has 0 unspecified atom stereocenters. The summed E-state index contributed by atoms with van der Waals surface area (Å²) in [5, 5.41) is 0. The van der Waals surface area contributed by atoms with Crippen molar-refractivity contribution < 1.29 is 17.9 Å². The number of benzene rings is 1. The first kappa shape index (κ1) is 16.8. The van der Waals surface area contributed by atoms with E-state index in [1.165, 1.54) is 4.90 Å². The number of aryl methyl sites for hydroxylation is 1. The molecule has 1 aliphatic heterocycles. The van der Waals surface area contributed by atoms with Gasteiger partial charge in [0.15, 0.2) is 0 Å². The summed E-state index contributed by atoms with van der Waals surface area (Å²) in [7, 11) is -3.59. The molecule has 1 N–H and O–H groups in total. The number of hydrogen-bond acceptors (Lipinski definition) is 4. The van der Waals surface area contributed by atoms with Gasteiger partial charge in [-0.2, -0.15) is 0 Å². The summed E-state index contributed by atoms with van der Waals surface area (Å²) in [6.45, 7) is 6.57. The third-order valence-corrected chi connectivity index (χ3v) is 5.25. The van der Waals surface area contributed by atoms with Gasteiger partial charge in [-0.05, 0) is 38.0 Å². The van der Waals surface area contributed by atoms with Gasteiger partial charge >= 0.3 is 6.09 Å². The van der Waals surface area contributed by atoms with E-state index >= 15 is 0 Å². The van der Waals surface area contributed by atoms with E-state index in [0.717, 1.165) is 12.0 Å². The van der Waals surface area contributed by atoms with Crippen LogP contribution in [0.1, 0.15) is 26.3 Å². The number of rotatable bonds is 6. The van der Waals surface area contributed by atoms with Crippen molar-refractivity contribution in [3.8, 4) is 0 Å². The van der Waals surface area contributed by atoms with Crippen LogP contribution >= 0.6 is 0 Å². The zero-order valence-electron chi connectivity index (χ0n) is 13.1. The average molecular weight is 326 g/mol. The molecule has 0 aliphatic carbocycles. The third-order valence-electron chi connectivity index (χ3n) is 3.83. The smallest absolute Gasteiger partial charge is 0.410 e. The van der Waals surface area contributed by atoms with Crippen LogP contribution in [0, 0.1) is 0 Å². The maximum Gasteiger partial charge on any atom is 0.410 e. The van der Waals surface area contributed by atoms with Gasteiger partial charge in [0.05, 0.1) is 17.0 Å². The quantitative estimate of drug-likeness (QED) is 0.864. The number of nitrogens with zero attached hydrogens (tertiary/aromatic N) is 1. The van der Waals surface area contributed by atoms with Crippen LogP contribution in [0.4, 0.5) is 4.79 Å². The molecule has 0 spiro atoms. The second kappa shape index (κ2) is 6.26. The van der Waals surface area contributed by atoms with Gasteiger partial charge in [-0.1, -0.05) is 19.1 Å². The number of ether oxygens (including phenoxy) is 1. The van der Waals surface area contributed by atoms with Gasteiger partial charge in [-0.25, -0.2) is 17.9 Å². The molecule has 2 rings (SSSR count). The lowest BCUT2D eigenvalue weighted by Gasteiger charge is -2.33. The molecule has 0 bridgehead atoms. The van der Waals surface area contributed by atoms with Crippen LogP contribution in [-0.2, 0) is 21.2 Å². The Morgan fingerprint density at radius 1 is 1.27 bits per heavy atom. The normalized spacial score (nSPS) is 16.0. The standard InChI is InChI=1S/C15H22N2O4S/c1-4-12-5-7-13(8-6-12)22(19,20)16-11-15(2,3)17-9-10-21-14(17)18/h5-8,16H,4,9-11H2,1-3H3. The van der Waals surface area contributed by atoms with Crippen molar-refractivity contribution in [2.45, 2.75) is 37.6 Å². The average Bonchev–Trinajstić information content (AvgIpc) is 2.93. The molecule has 0 atom stereocenters. The molecular formula is C15H22N2O4S. The Kier molecular flexibility index (Phi) is 4.77. The van der Waals surface area contributed by atoms with Crippen LogP contribution in [0.25, 0.3) is 0 Å². The summed E-state index contributed by atoms with van der Waals surface area (Å²) in [5.41, 5.74) is 0.434. The Morgan fingerprint density at radius 3 is 2.41 bits per heavy atom. The Hall–Kier alpha value is -1.60. The van der Waals surface area contributed by atoms with Crippen LogP contribution in [0.2, 0.25) is 0 Å². The van der Waals surface area contributed by atoms with Crippen LogP contribution in [0.5, 0.6) is 0 Å². The number of cyclic esters (lactones) is 1. The number of nitrogens with one attached hydrogen (secondary N) is 1. The highest BCUT2D eigenvalue weighted by Crippen LogP contribution is 2.19. The van der Waals surface area contributed by atoms with E-state index in [0.29, 0.717) is 13.2 Å². The molecule has 0 radical (unpaired) electrons. The van der Waals surface area contributed by atoms with Crippen LogP contribution in [-0.4, -0.2) is 44.6 Å². The van der Waals surface area contributed by atoms with Crippen LogP contribution in [0.15, 0.2) is 29.2 Å². The van der Waals surface area contributed by atoms with Crippen molar-refractivity contribution in [2.24, 2.45) is 0 Å². The highest BCUT2D eigenvalue weighted by molar-refractivity contribution is 7.89. The lowest BCUT2D eigenvalue weighted by molar-refractivity contribution is 0.127. The summed E-state index contributed by atoms with van der Waals surface area (Å²) in [6, 6.07) is 6.80. The van der Waals surface area contributed by atoms with Crippen molar-refractivity contribution >= 4 is 16.1 Å². The Morgan fingerprint density at radius 2 is 1.91 bits per heavy atom. The molecule has 0 saturated carbocycles. The van der Waals surface area contributed by atoms with E-state index in [1.54, 1.807) is 24.3 Å². The Labute approximate surface area is 131 Å². The minimum Gasteiger partial charge on any atom is -0.448 e.